The lowest BCUT2D eigenvalue weighted by Crippen LogP contribution is -2.24. The van der Waals surface area contributed by atoms with Crippen molar-refractivity contribution in [3.05, 3.63) is 44.6 Å². The van der Waals surface area contributed by atoms with Crippen LogP contribution in [0.3, 0.4) is 0 Å². The summed E-state index contributed by atoms with van der Waals surface area (Å²) >= 11 is 5.02. The Kier molecular flexibility index (Phi) is 5.03. The van der Waals surface area contributed by atoms with E-state index in [0.717, 1.165) is 9.35 Å². The van der Waals surface area contributed by atoms with Crippen LogP contribution < -0.4 is 15.8 Å². The maximum atomic E-state index is 12.3. The predicted octanol–water partition coefficient (Wildman–Crippen LogP) is 3.42. The summed E-state index contributed by atoms with van der Waals surface area (Å²) in [6.07, 6.45) is 0. The molecule has 0 unspecified atom stereocenters. The standard InChI is InChI=1S/C14H15BrN2O2S/c1-2-19-11-5-3-4-10(16)13(11)14(18)17-8-12-9(15)6-7-20-12/h3-7H,2,8,16H2,1H3,(H,17,18). The molecule has 0 saturated carbocycles. The van der Waals surface area contributed by atoms with E-state index in [4.69, 9.17) is 10.5 Å². The molecule has 0 aliphatic heterocycles. The molecule has 1 heterocycles. The highest BCUT2D eigenvalue weighted by molar-refractivity contribution is 9.10. The molecular weight excluding hydrogens is 340 g/mol. The van der Waals surface area contributed by atoms with Gasteiger partial charge in [0.05, 0.1) is 13.2 Å². The fraction of sp³-hybridized carbons (Fsp3) is 0.214. The van der Waals surface area contributed by atoms with Crippen molar-refractivity contribution >= 4 is 38.9 Å². The minimum Gasteiger partial charge on any atom is -0.493 e. The predicted molar refractivity (Wildman–Crippen MR) is 85.2 cm³/mol. The number of halogens is 1. The molecule has 1 amide bonds. The third-order valence-corrected chi connectivity index (χ3v) is 4.61. The molecule has 106 valence electrons. The van der Waals surface area contributed by atoms with Gasteiger partial charge in [0.2, 0.25) is 0 Å². The Bertz CT molecular complexity index is 613. The quantitative estimate of drug-likeness (QED) is 0.808. The number of anilines is 1. The molecule has 0 saturated heterocycles. The Morgan fingerprint density at radius 3 is 2.90 bits per heavy atom. The second kappa shape index (κ2) is 6.76. The summed E-state index contributed by atoms with van der Waals surface area (Å²) < 4.78 is 6.45. The summed E-state index contributed by atoms with van der Waals surface area (Å²) in [6.45, 7) is 2.81. The summed E-state index contributed by atoms with van der Waals surface area (Å²) in [7, 11) is 0. The molecule has 0 aliphatic rings. The molecule has 4 nitrogen and oxygen atoms in total. The Balaban J connectivity index is 2.15. The average molecular weight is 355 g/mol. The minimum absolute atomic E-state index is 0.230. The van der Waals surface area contributed by atoms with E-state index in [1.54, 1.807) is 29.5 Å². The Morgan fingerprint density at radius 1 is 1.45 bits per heavy atom. The number of ether oxygens (including phenoxy) is 1. The van der Waals surface area contributed by atoms with Gasteiger partial charge in [0.25, 0.3) is 5.91 Å². The fourth-order valence-corrected chi connectivity index (χ4v) is 3.20. The van der Waals surface area contributed by atoms with E-state index in [1.165, 1.54) is 0 Å². The van der Waals surface area contributed by atoms with Crippen LogP contribution in [0.2, 0.25) is 0 Å². The molecule has 1 aromatic carbocycles. The van der Waals surface area contributed by atoms with Crippen LogP contribution >= 0.6 is 27.3 Å². The van der Waals surface area contributed by atoms with Crippen molar-refractivity contribution in [3.8, 4) is 5.75 Å². The zero-order valence-electron chi connectivity index (χ0n) is 11.0. The van der Waals surface area contributed by atoms with Crippen LogP contribution in [0.4, 0.5) is 5.69 Å². The summed E-state index contributed by atoms with van der Waals surface area (Å²) in [6, 6.07) is 7.16. The molecule has 0 spiro atoms. The summed E-state index contributed by atoms with van der Waals surface area (Å²) in [5.41, 5.74) is 6.69. The fourth-order valence-electron chi connectivity index (χ4n) is 1.77. The molecule has 0 bridgehead atoms. The third-order valence-electron chi connectivity index (χ3n) is 2.69. The van der Waals surface area contributed by atoms with Crippen molar-refractivity contribution in [2.24, 2.45) is 0 Å². The van der Waals surface area contributed by atoms with Gasteiger partial charge in [-0.3, -0.25) is 4.79 Å². The first-order valence-corrected chi connectivity index (χ1v) is 7.82. The summed E-state index contributed by atoms with van der Waals surface area (Å²) in [4.78, 5) is 13.3. The number of thiophene rings is 1. The zero-order chi connectivity index (χ0) is 14.5. The summed E-state index contributed by atoms with van der Waals surface area (Å²) in [5.74, 6) is 0.280. The normalized spacial score (nSPS) is 10.3. The number of nitrogen functional groups attached to an aromatic ring is 1. The van der Waals surface area contributed by atoms with Gasteiger partial charge < -0.3 is 15.8 Å². The van der Waals surface area contributed by atoms with Gasteiger partial charge in [-0.2, -0.15) is 0 Å². The number of amides is 1. The topological polar surface area (TPSA) is 64.3 Å². The van der Waals surface area contributed by atoms with Crippen molar-refractivity contribution in [3.63, 3.8) is 0 Å². The van der Waals surface area contributed by atoms with Crippen LogP contribution in [0.5, 0.6) is 5.75 Å². The molecule has 2 aromatic rings. The monoisotopic (exact) mass is 354 g/mol. The van der Waals surface area contributed by atoms with E-state index < -0.39 is 0 Å². The first kappa shape index (κ1) is 14.9. The van der Waals surface area contributed by atoms with E-state index in [0.29, 0.717) is 30.2 Å². The van der Waals surface area contributed by atoms with Crippen LogP contribution in [0.15, 0.2) is 34.1 Å². The van der Waals surface area contributed by atoms with Crippen LogP contribution in [0.25, 0.3) is 0 Å². The lowest BCUT2D eigenvalue weighted by atomic mass is 10.1. The number of benzene rings is 1. The molecule has 3 N–H and O–H groups in total. The maximum Gasteiger partial charge on any atom is 0.257 e. The van der Waals surface area contributed by atoms with Crippen LogP contribution in [-0.2, 0) is 6.54 Å². The molecular formula is C14H15BrN2O2S. The molecule has 0 aliphatic carbocycles. The summed E-state index contributed by atoms with van der Waals surface area (Å²) in [5, 5.41) is 4.83. The third kappa shape index (κ3) is 3.32. The van der Waals surface area contributed by atoms with Crippen molar-refractivity contribution in [1.82, 2.24) is 5.32 Å². The highest BCUT2D eigenvalue weighted by Crippen LogP contribution is 2.25. The first-order chi connectivity index (χ1) is 9.63. The van der Waals surface area contributed by atoms with E-state index in [2.05, 4.69) is 21.2 Å². The van der Waals surface area contributed by atoms with Gasteiger partial charge >= 0.3 is 0 Å². The van der Waals surface area contributed by atoms with Crippen LogP contribution in [0, 0.1) is 0 Å². The van der Waals surface area contributed by atoms with Crippen molar-refractivity contribution in [1.29, 1.82) is 0 Å². The van der Waals surface area contributed by atoms with Gasteiger partial charge in [-0.05, 0) is 46.4 Å². The van der Waals surface area contributed by atoms with Gasteiger partial charge in [0.15, 0.2) is 0 Å². The lowest BCUT2D eigenvalue weighted by molar-refractivity contribution is 0.0948. The van der Waals surface area contributed by atoms with Crippen molar-refractivity contribution < 1.29 is 9.53 Å². The Morgan fingerprint density at radius 2 is 2.25 bits per heavy atom. The molecule has 6 heteroatoms. The van der Waals surface area contributed by atoms with E-state index >= 15 is 0 Å². The van der Waals surface area contributed by atoms with E-state index in [-0.39, 0.29) is 5.91 Å². The average Bonchev–Trinajstić information content (AvgIpc) is 2.82. The Hall–Kier alpha value is -1.53. The van der Waals surface area contributed by atoms with Gasteiger partial charge in [-0.15, -0.1) is 11.3 Å². The highest BCUT2D eigenvalue weighted by Gasteiger charge is 2.16. The van der Waals surface area contributed by atoms with E-state index in [9.17, 15) is 4.79 Å². The first-order valence-electron chi connectivity index (χ1n) is 6.14. The molecule has 0 fully saturated rings. The van der Waals surface area contributed by atoms with Gasteiger partial charge in [0, 0.05) is 15.0 Å². The second-order valence-electron chi connectivity index (χ2n) is 4.03. The van der Waals surface area contributed by atoms with E-state index in [1.807, 2.05) is 18.4 Å². The molecule has 20 heavy (non-hydrogen) atoms. The van der Waals surface area contributed by atoms with Gasteiger partial charge in [0.1, 0.15) is 11.3 Å². The lowest BCUT2D eigenvalue weighted by Gasteiger charge is -2.12. The smallest absolute Gasteiger partial charge is 0.257 e. The second-order valence-corrected chi connectivity index (χ2v) is 5.88. The number of carbonyl (C=O) groups is 1. The number of nitrogens with one attached hydrogen (secondary N) is 1. The molecule has 0 atom stereocenters. The zero-order valence-corrected chi connectivity index (χ0v) is 13.4. The van der Waals surface area contributed by atoms with Gasteiger partial charge in [-0.25, -0.2) is 0 Å². The number of hydrogen-bond donors (Lipinski definition) is 2. The largest absolute Gasteiger partial charge is 0.493 e. The molecule has 1 aromatic heterocycles. The number of carbonyl (C=O) groups excluding carboxylic acids is 1. The van der Waals surface area contributed by atoms with Crippen molar-refractivity contribution in [2.45, 2.75) is 13.5 Å². The Labute approximate surface area is 130 Å². The minimum atomic E-state index is -0.230. The molecule has 2 rings (SSSR count). The number of rotatable bonds is 5. The van der Waals surface area contributed by atoms with Crippen LogP contribution in [-0.4, -0.2) is 12.5 Å². The highest BCUT2D eigenvalue weighted by atomic mass is 79.9. The number of nitrogens with two attached hydrogens (primary N) is 1. The SMILES string of the molecule is CCOc1cccc(N)c1C(=O)NCc1sccc1Br. The maximum absolute atomic E-state index is 12.3. The van der Waals surface area contributed by atoms with Crippen molar-refractivity contribution in [2.75, 3.05) is 12.3 Å². The van der Waals surface area contributed by atoms with Crippen LogP contribution in [0.1, 0.15) is 22.2 Å². The molecule has 0 radical (unpaired) electrons. The van der Waals surface area contributed by atoms with Gasteiger partial charge in [-0.1, -0.05) is 6.07 Å². The number of hydrogen-bond acceptors (Lipinski definition) is 4.